The predicted molar refractivity (Wildman–Crippen MR) is 53.4 cm³/mol. The first-order valence-corrected chi connectivity index (χ1v) is 4.09. The van der Waals surface area contributed by atoms with E-state index in [1.54, 1.807) is 6.08 Å². The smallest absolute Gasteiger partial charge is 0.0733 e. The second-order valence-corrected chi connectivity index (χ2v) is 2.98. The third-order valence-electron chi connectivity index (χ3n) is 1.87. The maximum atomic E-state index is 6.05. The lowest BCUT2D eigenvalue weighted by molar-refractivity contribution is 1.43. The zero-order valence-corrected chi connectivity index (χ0v) is 7.23. The number of hydrogen-bond acceptors (Lipinski definition) is 0. The molecule has 1 nitrogen and oxygen atoms in total. The largest absolute Gasteiger partial charge is 0.354 e. The molecule has 0 atom stereocenters. The highest BCUT2D eigenvalue weighted by Crippen LogP contribution is 2.27. The number of fused-ring (bicyclic) bond motifs is 1. The average Bonchev–Trinajstić information content (AvgIpc) is 2.44. The molecule has 0 aliphatic rings. The van der Waals surface area contributed by atoms with Gasteiger partial charge in [-0.1, -0.05) is 36.4 Å². The van der Waals surface area contributed by atoms with E-state index >= 15 is 0 Å². The molecule has 0 unspecified atom stereocenters. The molecular formula is C10H8ClN. The minimum Gasteiger partial charge on any atom is -0.354 e. The number of aromatic amines is 1. The number of aromatic nitrogens is 1. The van der Waals surface area contributed by atoms with E-state index in [1.165, 1.54) is 0 Å². The summed E-state index contributed by atoms with van der Waals surface area (Å²) < 4.78 is 0. The van der Waals surface area contributed by atoms with Gasteiger partial charge in [0.25, 0.3) is 0 Å². The monoisotopic (exact) mass is 177 g/mol. The first-order valence-electron chi connectivity index (χ1n) is 3.71. The molecule has 2 rings (SSSR count). The van der Waals surface area contributed by atoms with Crippen LogP contribution in [0.2, 0.25) is 5.02 Å². The third-order valence-corrected chi connectivity index (χ3v) is 2.28. The Morgan fingerprint density at radius 1 is 1.33 bits per heavy atom. The summed E-state index contributed by atoms with van der Waals surface area (Å²) in [5.74, 6) is 0. The summed E-state index contributed by atoms with van der Waals surface area (Å²) in [6, 6.07) is 7.92. The SMILES string of the molecule is C=Cc1[nH]c2ccccc2c1Cl. The highest BCUT2D eigenvalue weighted by Gasteiger charge is 2.04. The molecule has 0 aliphatic heterocycles. The molecule has 1 aromatic carbocycles. The van der Waals surface area contributed by atoms with Gasteiger partial charge in [0.1, 0.15) is 0 Å². The highest BCUT2D eigenvalue weighted by molar-refractivity contribution is 6.37. The molecule has 0 bridgehead atoms. The zero-order chi connectivity index (χ0) is 8.55. The number of para-hydroxylation sites is 1. The molecule has 0 aliphatic carbocycles. The average molecular weight is 178 g/mol. The normalized spacial score (nSPS) is 10.4. The lowest BCUT2D eigenvalue weighted by atomic mass is 10.2. The van der Waals surface area contributed by atoms with Gasteiger partial charge in [-0.2, -0.15) is 0 Å². The van der Waals surface area contributed by atoms with Crippen LogP contribution >= 0.6 is 11.6 Å². The molecule has 12 heavy (non-hydrogen) atoms. The number of halogens is 1. The van der Waals surface area contributed by atoms with Crippen molar-refractivity contribution < 1.29 is 0 Å². The summed E-state index contributed by atoms with van der Waals surface area (Å²) in [7, 11) is 0. The van der Waals surface area contributed by atoms with E-state index in [1.807, 2.05) is 24.3 Å². The van der Waals surface area contributed by atoms with Crippen molar-refractivity contribution in [1.82, 2.24) is 4.98 Å². The summed E-state index contributed by atoms with van der Waals surface area (Å²) in [4.78, 5) is 3.16. The predicted octanol–water partition coefficient (Wildman–Crippen LogP) is 3.46. The minimum absolute atomic E-state index is 0.751. The van der Waals surface area contributed by atoms with Gasteiger partial charge in [-0.3, -0.25) is 0 Å². The van der Waals surface area contributed by atoms with Crippen LogP contribution in [0.3, 0.4) is 0 Å². The van der Waals surface area contributed by atoms with Crippen molar-refractivity contribution in [2.45, 2.75) is 0 Å². The van der Waals surface area contributed by atoms with Gasteiger partial charge in [0, 0.05) is 10.9 Å². The summed E-state index contributed by atoms with van der Waals surface area (Å²) in [6.07, 6.45) is 1.72. The van der Waals surface area contributed by atoms with Crippen LogP contribution in [0.25, 0.3) is 17.0 Å². The van der Waals surface area contributed by atoms with Gasteiger partial charge in [0.05, 0.1) is 10.7 Å². The lowest BCUT2D eigenvalue weighted by Crippen LogP contribution is -1.67. The summed E-state index contributed by atoms with van der Waals surface area (Å²) in [6.45, 7) is 3.67. The van der Waals surface area contributed by atoms with Crippen molar-refractivity contribution in [3.05, 3.63) is 41.6 Å². The van der Waals surface area contributed by atoms with Gasteiger partial charge >= 0.3 is 0 Å². The van der Waals surface area contributed by atoms with E-state index in [9.17, 15) is 0 Å². The summed E-state index contributed by atoms with van der Waals surface area (Å²) >= 11 is 6.05. The first-order chi connectivity index (χ1) is 5.83. The third kappa shape index (κ3) is 0.942. The van der Waals surface area contributed by atoms with Crippen LogP contribution in [0.15, 0.2) is 30.8 Å². The molecule has 0 saturated carbocycles. The molecule has 2 aromatic rings. The molecular weight excluding hydrogens is 170 g/mol. The molecule has 0 saturated heterocycles. The standard InChI is InChI=1S/C10H8ClN/c1-2-8-10(11)7-5-3-4-6-9(7)12-8/h2-6,12H,1H2. The van der Waals surface area contributed by atoms with Crippen LogP contribution in [0.5, 0.6) is 0 Å². The molecule has 60 valence electrons. The van der Waals surface area contributed by atoms with Crippen LogP contribution in [-0.2, 0) is 0 Å². The van der Waals surface area contributed by atoms with E-state index in [-0.39, 0.29) is 0 Å². The minimum atomic E-state index is 0.751. The zero-order valence-electron chi connectivity index (χ0n) is 6.47. The number of benzene rings is 1. The molecule has 0 spiro atoms. The Labute approximate surface area is 75.7 Å². The van der Waals surface area contributed by atoms with Crippen molar-refractivity contribution in [2.24, 2.45) is 0 Å². The Hall–Kier alpha value is -1.21. The van der Waals surface area contributed by atoms with Gasteiger partial charge < -0.3 is 4.98 Å². The summed E-state index contributed by atoms with van der Waals surface area (Å²) in [5, 5.41) is 1.80. The fraction of sp³-hybridized carbons (Fsp3) is 0. The van der Waals surface area contributed by atoms with E-state index < -0.39 is 0 Å². The number of nitrogens with one attached hydrogen (secondary N) is 1. The maximum absolute atomic E-state index is 6.05. The quantitative estimate of drug-likeness (QED) is 0.687. The van der Waals surface area contributed by atoms with Gasteiger partial charge in [0.2, 0.25) is 0 Å². The van der Waals surface area contributed by atoms with Crippen LogP contribution in [0.4, 0.5) is 0 Å². The van der Waals surface area contributed by atoms with Gasteiger partial charge in [0.15, 0.2) is 0 Å². The highest BCUT2D eigenvalue weighted by atomic mass is 35.5. The fourth-order valence-electron chi connectivity index (χ4n) is 1.27. The van der Waals surface area contributed by atoms with E-state index in [0.29, 0.717) is 0 Å². The second kappa shape index (κ2) is 2.68. The topological polar surface area (TPSA) is 15.8 Å². The van der Waals surface area contributed by atoms with Crippen molar-refractivity contribution >= 4 is 28.6 Å². The van der Waals surface area contributed by atoms with E-state index in [2.05, 4.69) is 11.6 Å². The van der Waals surface area contributed by atoms with Crippen molar-refractivity contribution in [1.29, 1.82) is 0 Å². The Kier molecular flexibility index (Phi) is 1.66. The van der Waals surface area contributed by atoms with Gasteiger partial charge in [-0.15, -0.1) is 0 Å². The Morgan fingerprint density at radius 2 is 2.08 bits per heavy atom. The molecule has 1 aromatic heterocycles. The summed E-state index contributed by atoms with van der Waals surface area (Å²) in [5.41, 5.74) is 1.94. The number of hydrogen-bond donors (Lipinski definition) is 1. The van der Waals surface area contributed by atoms with E-state index in [4.69, 9.17) is 11.6 Å². The van der Waals surface area contributed by atoms with E-state index in [0.717, 1.165) is 21.6 Å². The Morgan fingerprint density at radius 3 is 2.75 bits per heavy atom. The first kappa shape index (κ1) is 7.44. The van der Waals surface area contributed by atoms with Crippen molar-refractivity contribution in [3.63, 3.8) is 0 Å². The second-order valence-electron chi connectivity index (χ2n) is 2.60. The fourth-order valence-corrected chi connectivity index (χ4v) is 1.56. The molecule has 1 N–H and O–H groups in total. The number of H-pyrrole nitrogens is 1. The van der Waals surface area contributed by atoms with Crippen LogP contribution in [-0.4, -0.2) is 4.98 Å². The van der Waals surface area contributed by atoms with Crippen LogP contribution < -0.4 is 0 Å². The Balaban J connectivity index is 2.87. The van der Waals surface area contributed by atoms with Crippen molar-refractivity contribution in [2.75, 3.05) is 0 Å². The van der Waals surface area contributed by atoms with Crippen LogP contribution in [0, 0.1) is 0 Å². The Bertz CT molecular complexity index is 428. The molecule has 0 amide bonds. The van der Waals surface area contributed by atoms with Crippen molar-refractivity contribution in [3.8, 4) is 0 Å². The van der Waals surface area contributed by atoms with Gasteiger partial charge in [-0.05, 0) is 12.1 Å². The molecule has 2 heteroatoms. The maximum Gasteiger partial charge on any atom is 0.0733 e. The lowest BCUT2D eigenvalue weighted by Gasteiger charge is -1.86. The van der Waals surface area contributed by atoms with Crippen LogP contribution in [0.1, 0.15) is 5.69 Å². The van der Waals surface area contributed by atoms with Gasteiger partial charge in [-0.25, -0.2) is 0 Å². The number of rotatable bonds is 1. The molecule has 1 heterocycles. The molecule has 0 fully saturated rings. The molecule has 0 radical (unpaired) electrons.